The lowest BCUT2D eigenvalue weighted by Crippen LogP contribution is -2.44. The highest BCUT2D eigenvalue weighted by Gasteiger charge is 2.28. The van der Waals surface area contributed by atoms with Crippen LogP contribution in [0.5, 0.6) is 0 Å². The van der Waals surface area contributed by atoms with E-state index < -0.39 is 37.2 Å². The van der Waals surface area contributed by atoms with Gasteiger partial charge in [0, 0.05) is 12.4 Å². The molecule has 0 fully saturated rings. The van der Waals surface area contributed by atoms with E-state index in [-0.39, 0.29) is 11.2 Å². The Bertz CT molecular complexity index is 818. The number of rotatable bonds is 4. The normalized spacial score (nSPS) is 11.2. The number of fused-ring (bicyclic) bond motifs is 1. The minimum absolute atomic E-state index is 0.0370. The van der Waals surface area contributed by atoms with Gasteiger partial charge >= 0.3 is 18.2 Å². The molecular weight excluding hydrogens is 347 g/mol. The van der Waals surface area contributed by atoms with Crippen LogP contribution in [0.4, 0.5) is 18.0 Å². The summed E-state index contributed by atoms with van der Waals surface area (Å²) in [4.78, 5) is 38.5. The SMILES string of the molecule is Cc1nn2cccnc2c1C(=O)OCC(=O)NC(=O)NCC(F)(F)F. The van der Waals surface area contributed by atoms with Crippen molar-refractivity contribution in [1.29, 1.82) is 0 Å². The number of halogens is 3. The van der Waals surface area contributed by atoms with Gasteiger partial charge < -0.3 is 10.1 Å². The number of carbonyl (C=O) groups excluding carboxylic acids is 3. The van der Waals surface area contributed by atoms with Crippen LogP contribution in [0, 0.1) is 6.92 Å². The highest BCUT2D eigenvalue weighted by molar-refractivity contribution is 5.99. The molecule has 0 saturated heterocycles. The summed E-state index contributed by atoms with van der Waals surface area (Å²) in [7, 11) is 0. The van der Waals surface area contributed by atoms with Gasteiger partial charge in [-0.05, 0) is 13.0 Å². The molecule has 2 heterocycles. The maximum absolute atomic E-state index is 12.0. The Morgan fingerprint density at radius 1 is 1.32 bits per heavy atom. The Balaban J connectivity index is 1.90. The van der Waals surface area contributed by atoms with Crippen molar-refractivity contribution in [2.45, 2.75) is 13.1 Å². The maximum Gasteiger partial charge on any atom is 0.405 e. The number of alkyl halides is 3. The first-order chi connectivity index (χ1) is 11.7. The van der Waals surface area contributed by atoms with Crippen LogP contribution in [0.2, 0.25) is 0 Å². The summed E-state index contributed by atoms with van der Waals surface area (Å²) < 4.78 is 41.8. The summed E-state index contributed by atoms with van der Waals surface area (Å²) in [6, 6.07) is 0.244. The van der Waals surface area contributed by atoms with Gasteiger partial charge in [-0.2, -0.15) is 18.3 Å². The summed E-state index contributed by atoms with van der Waals surface area (Å²) in [5.74, 6) is -1.99. The molecule has 3 amide bonds. The monoisotopic (exact) mass is 359 g/mol. The molecule has 0 atom stereocenters. The maximum atomic E-state index is 12.0. The number of nitrogens with zero attached hydrogens (tertiary/aromatic N) is 3. The third-order valence-corrected chi connectivity index (χ3v) is 2.81. The zero-order valence-electron chi connectivity index (χ0n) is 12.8. The summed E-state index contributed by atoms with van der Waals surface area (Å²) in [6.45, 7) is -0.920. The van der Waals surface area contributed by atoms with Crippen LogP contribution in [-0.2, 0) is 9.53 Å². The second-order valence-corrected chi connectivity index (χ2v) is 4.77. The zero-order chi connectivity index (χ0) is 18.6. The van der Waals surface area contributed by atoms with Crippen molar-refractivity contribution in [3.05, 3.63) is 29.7 Å². The van der Waals surface area contributed by atoms with Crippen LogP contribution >= 0.6 is 0 Å². The highest BCUT2D eigenvalue weighted by Crippen LogP contribution is 2.14. The van der Waals surface area contributed by atoms with E-state index in [1.54, 1.807) is 17.6 Å². The number of ether oxygens (including phenoxy) is 1. The topological polar surface area (TPSA) is 115 Å². The molecule has 12 heteroatoms. The molecular formula is C13H12F3N5O4. The number of amides is 3. The molecule has 0 radical (unpaired) electrons. The van der Waals surface area contributed by atoms with Crippen LogP contribution in [0.15, 0.2) is 18.5 Å². The first-order valence-corrected chi connectivity index (χ1v) is 6.79. The van der Waals surface area contributed by atoms with Crippen molar-refractivity contribution in [1.82, 2.24) is 25.2 Å². The largest absolute Gasteiger partial charge is 0.452 e. The number of urea groups is 1. The highest BCUT2D eigenvalue weighted by atomic mass is 19.4. The number of aromatic nitrogens is 3. The Morgan fingerprint density at radius 2 is 2.04 bits per heavy atom. The minimum atomic E-state index is -4.61. The summed E-state index contributed by atoms with van der Waals surface area (Å²) in [6.07, 6.45) is -1.62. The number of aryl methyl sites for hydroxylation is 1. The zero-order valence-corrected chi connectivity index (χ0v) is 12.8. The molecule has 0 aliphatic heterocycles. The molecule has 9 nitrogen and oxygen atoms in total. The smallest absolute Gasteiger partial charge is 0.405 e. The van der Waals surface area contributed by atoms with E-state index in [2.05, 4.69) is 10.1 Å². The number of hydrogen-bond acceptors (Lipinski definition) is 6. The molecule has 134 valence electrons. The van der Waals surface area contributed by atoms with Gasteiger partial charge in [-0.15, -0.1) is 0 Å². The van der Waals surface area contributed by atoms with Gasteiger partial charge in [-0.1, -0.05) is 0 Å². The second-order valence-electron chi connectivity index (χ2n) is 4.77. The minimum Gasteiger partial charge on any atom is -0.452 e. The molecule has 0 unspecified atom stereocenters. The van der Waals surface area contributed by atoms with Gasteiger partial charge in [0.25, 0.3) is 5.91 Å². The number of hydrogen-bond donors (Lipinski definition) is 2. The number of esters is 1. The van der Waals surface area contributed by atoms with Gasteiger partial charge in [0.15, 0.2) is 12.3 Å². The molecule has 2 rings (SSSR count). The van der Waals surface area contributed by atoms with Crippen molar-refractivity contribution in [2.24, 2.45) is 0 Å². The molecule has 0 spiro atoms. The third kappa shape index (κ3) is 4.89. The van der Waals surface area contributed by atoms with Crippen LogP contribution in [-0.4, -0.2) is 51.8 Å². The van der Waals surface area contributed by atoms with Crippen molar-refractivity contribution in [2.75, 3.05) is 13.2 Å². The molecule has 0 aromatic carbocycles. The Hall–Kier alpha value is -3.18. The fourth-order valence-corrected chi connectivity index (χ4v) is 1.83. The third-order valence-electron chi connectivity index (χ3n) is 2.81. The summed E-state index contributed by atoms with van der Waals surface area (Å²) in [5, 5.41) is 7.08. The van der Waals surface area contributed by atoms with Crippen molar-refractivity contribution >= 4 is 23.6 Å². The lowest BCUT2D eigenvalue weighted by atomic mass is 10.2. The second kappa shape index (κ2) is 7.15. The predicted molar refractivity (Wildman–Crippen MR) is 75.6 cm³/mol. The average Bonchev–Trinajstić information content (AvgIpc) is 2.86. The number of carbonyl (C=O) groups is 3. The van der Waals surface area contributed by atoms with Crippen LogP contribution < -0.4 is 10.6 Å². The Kier molecular flexibility index (Phi) is 5.20. The molecule has 0 bridgehead atoms. The fourth-order valence-electron chi connectivity index (χ4n) is 1.83. The first-order valence-electron chi connectivity index (χ1n) is 6.79. The molecule has 25 heavy (non-hydrogen) atoms. The van der Waals surface area contributed by atoms with E-state index >= 15 is 0 Å². The van der Waals surface area contributed by atoms with E-state index in [1.165, 1.54) is 23.0 Å². The molecule has 2 aromatic heterocycles. The lowest BCUT2D eigenvalue weighted by molar-refractivity contribution is -0.125. The quantitative estimate of drug-likeness (QED) is 0.772. The first kappa shape index (κ1) is 18.2. The Labute approximate surface area is 138 Å². The average molecular weight is 359 g/mol. The standard InChI is InChI=1S/C13H12F3N5O4/c1-7-9(10-17-3-2-4-21(10)20-7)11(23)25-5-8(22)19-12(24)18-6-13(14,15)16/h2-4H,5-6H2,1H3,(H2,18,19,22,24). The van der Waals surface area contributed by atoms with Gasteiger partial charge in [-0.3, -0.25) is 10.1 Å². The van der Waals surface area contributed by atoms with Gasteiger partial charge in [0.05, 0.1) is 5.69 Å². The van der Waals surface area contributed by atoms with Crippen molar-refractivity contribution in [3.63, 3.8) is 0 Å². The summed E-state index contributed by atoms with van der Waals surface area (Å²) in [5.41, 5.74) is 0.565. The van der Waals surface area contributed by atoms with E-state index in [4.69, 9.17) is 4.74 Å². The van der Waals surface area contributed by atoms with Crippen LogP contribution in [0.3, 0.4) is 0 Å². The van der Waals surface area contributed by atoms with Gasteiger partial charge in [0.2, 0.25) is 0 Å². The summed E-state index contributed by atoms with van der Waals surface area (Å²) >= 11 is 0. The Morgan fingerprint density at radius 3 is 2.72 bits per heavy atom. The van der Waals surface area contributed by atoms with Gasteiger partial charge in [0.1, 0.15) is 12.1 Å². The van der Waals surface area contributed by atoms with E-state index in [0.29, 0.717) is 5.69 Å². The van der Waals surface area contributed by atoms with E-state index in [9.17, 15) is 27.6 Å². The fraction of sp³-hybridized carbons (Fsp3) is 0.308. The number of nitrogens with one attached hydrogen (secondary N) is 2. The molecule has 0 aliphatic carbocycles. The number of imide groups is 1. The van der Waals surface area contributed by atoms with Crippen LogP contribution in [0.1, 0.15) is 16.1 Å². The molecule has 2 aromatic rings. The molecule has 0 aliphatic rings. The van der Waals surface area contributed by atoms with E-state index in [0.717, 1.165) is 0 Å². The predicted octanol–water partition coefficient (Wildman–Crippen LogP) is 0.583. The van der Waals surface area contributed by atoms with Crippen molar-refractivity contribution in [3.8, 4) is 0 Å². The van der Waals surface area contributed by atoms with E-state index in [1.807, 2.05) is 0 Å². The van der Waals surface area contributed by atoms with Gasteiger partial charge in [-0.25, -0.2) is 19.1 Å². The lowest BCUT2D eigenvalue weighted by Gasteiger charge is -2.09. The van der Waals surface area contributed by atoms with Crippen molar-refractivity contribution < 1.29 is 32.3 Å². The van der Waals surface area contributed by atoms with Crippen LogP contribution in [0.25, 0.3) is 5.65 Å². The molecule has 2 N–H and O–H groups in total. The molecule has 0 saturated carbocycles.